The molecule has 1 aliphatic rings. The largest absolute Gasteiger partial charge is 0.496 e. The lowest BCUT2D eigenvalue weighted by atomic mass is 10.1. The SMILES string of the molecule is COc1ccccc1CN1CCN(C(=O)CCOc2ccccc2)CC1. The summed E-state index contributed by atoms with van der Waals surface area (Å²) in [7, 11) is 1.70. The molecular formula is C21H26N2O3. The zero-order valence-electron chi connectivity index (χ0n) is 15.3. The second-order valence-corrected chi connectivity index (χ2v) is 6.38. The normalized spacial score (nSPS) is 14.9. The van der Waals surface area contributed by atoms with E-state index in [2.05, 4.69) is 11.0 Å². The minimum atomic E-state index is 0.165. The molecule has 3 rings (SSSR count). The Morgan fingerprint density at radius 2 is 1.65 bits per heavy atom. The molecular weight excluding hydrogens is 328 g/mol. The van der Waals surface area contributed by atoms with E-state index < -0.39 is 0 Å². The van der Waals surface area contributed by atoms with E-state index in [1.54, 1.807) is 7.11 Å². The van der Waals surface area contributed by atoms with Gasteiger partial charge >= 0.3 is 0 Å². The fraction of sp³-hybridized carbons (Fsp3) is 0.381. The molecule has 26 heavy (non-hydrogen) atoms. The third kappa shape index (κ3) is 4.99. The van der Waals surface area contributed by atoms with Gasteiger partial charge in [0.15, 0.2) is 0 Å². The summed E-state index contributed by atoms with van der Waals surface area (Å²) in [6, 6.07) is 17.7. The highest BCUT2D eigenvalue weighted by molar-refractivity contribution is 5.76. The van der Waals surface area contributed by atoms with Gasteiger partial charge < -0.3 is 14.4 Å². The molecule has 0 N–H and O–H groups in total. The van der Waals surface area contributed by atoms with Gasteiger partial charge in [-0.3, -0.25) is 9.69 Å². The Bertz CT molecular complexity index is 697. The summed E-state index contributed by atoms with van der Waals surface area (Å²) in [5.74, 6) is 1.89. The molecule has 138 valence electrons. The average Bonchev–Trinajstić information content (AvgIpc) is 2.70. The van der Waals surface area contributed by atoms with Crippen molar-refractivity contribution in [1.82, 2.24) is 9.80 Å². The number of benzene rings is 2. The quantitative estimate of drug-likeness (QED) is 0.767. The van der Waals surface area contributed by atoms with Crippen LogP contribution in [0.15, 0.2) is 54.6 Å². The molecule has 1 saturated heterocycles. The van der Waals surface area contributed by atoms with Gasteiger partial charge in [0, 0.05) is 38.3 Å². The Morgan fingerprint density at radius 1 is 0.962 bits per heavy atom. The Kier molecular flexibility index (Phi) is 6.50. The monoisotopic (exact) mass is 354 g/mol. The molecule has 2 aromatic rings. The summed E-state index contributed by atoms with van der Waals surface area (Å²) in [4.78, 5) is 16.7. The van der Waals surface area contributed by atoms with Crippen molar-refractivity contribution in [2.45, 2.75) is 13.0 Å². The summed E-state index contributed by atoms with van der Waals surface area (Å²) in [5.41, 5.74) is 1.19. The predicted octanol–water partition coefficient (Wildman–Crippen LogP) is 2.81. The van der Waals surface area contributed by atoms with Crippen LogP contribution in [0, 0.1) is 0 Å². The number of piperazine rings is 1. The van der Waals surface area contributed by atoms with Crippen LogP contribution in [-0.4, -0.2) is 55.6 Å². The zero-order valence-corrected chi connectivity index (χ0v) is 15.3. The van der Waals surface area contributed by atoms with E-state index in [4.69, 9.17) is 9.47 Å². The van der Waals surface area contributed by atoms with Crippen LogP contribution in [-0.2, 0) is 11.3 Å². The highest BCUT2D eigenvalue weighted by atomic mass is 16.5. The van der Waals surface area contributed by atoms with E-state index in [1.165, 1.54) is 5.56 Å². The highest BCUT2D eigenvalue weighted by Gasteiger charge is 2.21. The van der Waals surface area contributed by atoms with Crippen molar-refractivity contribution >= 4 is 5.91 Å². The first kappa shape index (κ1) is 18.3. The average molecular weight is 354 g/mol. The van der Waals surface area contributed by atoms with Gasteiger partial charge in [-0.2, -0.15) is 0 Å². The Balaban J connectivity index is 1.41. The van der Waals surface area contributed by atoms with Crippen LogP contribution in [0.5, 0.6) is 11.5 Å². The number of carbonyl (C=O) groups is 1. The van der Waals surface area contributed by atoms with E-state index >= 15 is 0 Å². The van der Waals surface area contributed by atoms with E-state index in [0.29, 0.717) is 13.0 Å². The maximum atomic E-state index is 12.4. The maximum absolute atomic E-state index is 12.4. The molecule has 0 atom stereocenters. The number of hydrogen-bond donors (Lipinski definition) is 0. The second kappa shape index (κ2) is 9.25. The summed E-state index contributed by atoms with van der Waals surface area (Å²) in [5, 5.41) is 0. The number of rotatable bonds is 7. The van der Waals surface area contributed by atoms with Crippen molar-refractivity contribution in [3.05, 3.63) is 60.2 Å². The Hall–Kier alpha value is -2.53. The first-order valence-corrected chi connectivity index (χ1v) is 9.06. The highest BCUT2D eigenvalue weighted by Crippen LogP contribution is 2.20. The minimum Gasteiger partial charge on any atom is -0.496 e. The number of para-hydroxylation sites is 2. The summed E-state index contributed by atoms with van der Waals surface area (Å²) in [6.45, 7) is 4.55. The summed E-state index contributed by atoms with van der Waals surface area (Å²) in [6.07, 6.45) is 0.418. The number of carbonyl (C=O) groups excluding carboxylic acids is 1. The van der Waals surface area contributed by atoms with E-state index in [9.17, 15) is 4.79 Å². The molecule has 0 saturated carbocycles. The fourth-order valence-electron chi connectivity index (χ4n) is 3.16. The molecule has 5 nitrogen and oxygen atoms in total. The number of hydrogen-bond acceptors (Lipinski definition) is 4. The van der Waals surface area contributed by atoms with Gasteiger partial charge in [0.2, 0.25) is 5.91 Å². The summed E-state index contributed by atoms with van der Waals surface area (Å²) >= 11 is 0. The van der Waals surface area contributed by atoms with Crippen LogP contribution in [0.1, 0.15) is 12.0 Å². The zero-order chi connectivity index (χ0) is 18.2. The number of methoxy groups -OCH3 is 1. The second-order valence-electron chi connectivity index (χ2n) is 6.38. The lowest BCUT2D eigenvalue weighted by molar-refractivity contribution is -0.133. The first-order chi connectivity index (χ1) is 12.8. The lowest BCUT2D eigenvalue weighted by Gasteiger charge is -2.35. The van der Waals surface area contributed by atoms with Gasteiger partial charge in [-0.15, -0.1) is 0 Å². The van der Waals surface area contributed by atoms with Gasteiger partial charge in [0.25, 0.3) is 0 Å². The van der Waals surface area contributed by atoms with Crippen LogP contribution >= 0.6 is 0 Å². The van der Waals surface area contributed by atoms with E-state index in [0.717, 1.165) is 44.2 Å². The molecule has 0 radical (unpaired) electrons. The molecule has 0 unspecified atom stereocenters. The van der Waals surface area contributed by atoms with Crippen molar-refractivity contribution in [2.24, 2.45) is 0 Å². The van der Waals surface area contributed by atoms with E-state index in [-0.39, 0.29) is 5.91 Å². The van der Waals surface area contributed by atoms with E-state index in [1.807, 2.05) is 53.4 Å². The third-order valence-corrected chi connectivity index (χ3v) is 4.64. The molecule has 1 fully saturated rings. The van der Waals surface area contributed by atoms with Crippen LogP contribution < -0.4 is 9.47 Å². The smallest absolute Gasteiger partial charge is 0.226 e. The van der Waals surface area contributed by atoms with Crippen molar-refractivity contribution in [3.8, 4) is 11.5 Å². The molecule has 0 bridgehead atoms. The Labute approximate surface area is 155 Å². The van der Waals surface area contributed by atoms with Gasteiger partial charge in [-0.05, 0) is 18.2 Å². The number of amides is 1. The van der Waals surface area contributed by atoms with Gasteiger partial charge in [-0.25, -0.2) is 0 Å². The topological polar surface area (TPSA) is 42.0 Å². The van der Waals surface area contributed by atoms with Crippen molar-refractivity contribution in [1.29, 1.82) is 0 Å². The fourth-order valence-corrected chi connectivity index (χ4v) is 3.16. The van der Waals surface area contributed by atoms with Gasteiger partial charge in [0.1, 0.15) is 11.5 Å². The predicted molar refractivity (Wildman–Crippen MR) is 101 cm³/mol. The molecule has 1 heterocycles. The molecule has 0 aliphatic carbocycles. The molecule has 1 aliphatic heterocycles. The van der Waals surface area contributed by atoms with Crippen molar-refractivity contribution in [3.63, 3.8) is 0 Å². The van der Waals surface area contributed by atoms with Crippen molar-refractivity contribution < 1.29 is 14.3 Å². The molecule has 2 aromatic carbocycles. The lowest BCUT2D eigenvalue weighted by Crippen LogP contribution is -2.48. The maximum Gasteiger partial charge on any atom is 0.226 e. The van der Waals surface area contributed by atoms with Crippen LogP contribution in [0.4, 0.5) is 0 Å². The first-order valence-electron chi connectivity index (χ1n) is 9.06. The minimum absolute atomic E-state index is 0.165. The Morgan fingerprint density at radius 3 is 2.38 bits per heavy atom. The number of ether oxygens (including phenoxy) is 2. The van der Waals surface area contributed by atoms with Gasteiger partial charge in [-0.1, -0.05) is 36.4 Å². The van der Waals surface area contributed by atoms with Crippen molar-refractivity contribution in [2.75, 3.05) is 39.9 Å². The molecule has 5 heteroatoms. The number of nitrogens with zero attached hydrogens (tertiary/aromatic N) is 2. The van der Waals surface area contributed by atoms with Gasteiger partial charge in [0.05, 0.1) is 20.1 Å². The summed E-state index contributed by atoms with van der Waals surface area (Å²) < 4.78 is 11.0. The third-order valence-electron chi connectivity index (χ3n) is 4.64. The molecule has 0 aromatic heterocycles. The van der Waals surface area contributed by atoms with Crippen LogP contribution in [0.3, 0.4) is 0 Å². The standard InChI is InChI=1S/C21H26N2O3/c1-25-20-10-6-5-7-18(20)17-22-12-14-23(15-13-22)21(24)11-16-26-19-8-3-2-4-9-19/h2-10H,11-17H2,1H3. The van der Waals surface area contributed by atoms with Crippen LogP contribution in [0.25, 0.3) is 0 Å². The molecule has 0 spiro atoms. The van der Waals surface area contributed by atoms with Crippen LogP contribution in [0.2, 0.25) is 0 Å². The molecule has 1 amide bonds.